The smallest absolute Gasteiger partial charge is 0.336 e. The Hall–Kier alpha value is -3.15. The van der Waals surface area contributed by atoms with E-state index in [4.69, 9.17) is 9.15 Å². The zero-order chi connectivity index (χ0) is 19.7. The Morgan fingerprint density at radius 1 is 1.21 bits per heavy atom. The van der Waals surface area contributed by atoms with Crippen LogP contribution in [0, 0.1) is 12.7 Å². The first-order valence-electron chi connectivity index (χ1n) is 9.21. The van der Waals surface area contributed by atoms with Crippen LogP contribution in [0.3, 0.4) is 0 Å². The number of carbonyl (C=O) groups is 1. The Morgan fingerprint density at radius 3 is 2.75 bits per heavy atom. The Labute approximate surface area is 161 Å². The van der Waals surface area contributed by atoms with E-state index in [1.54, 1.807) is 41.3 Å². The number of halogens is 1. The van der Waals surface area contributed by atoms with E-state index in [2.05, 4.69) is 0 Å². The molecule has 1 aliphatic carbocycles. The number of rotatable bonds is 6. The summed E-state index contributed by atoms with van der Waals surface area (Å²) >= 11 is 0. The molecule has 0 spiro atoms. The molecule has 3 aromatic rings. The molecule has 0 radical (unpaired) electrons. The standard InChI is InChI=1S/C22H20FNO4/c1-14-10-22(26)28-20-11-17(8-9-18(14)20)27-13-21(25)24(16-6-7-16)12-15-4-2-3-5-19(15)23/h2-5,8-11,16H,6-7,12-13H2,1H3. The van der Waals surface area contributed by atoms with Crippen LogP contribution >= 0.6 is 0 Å². The minimum atomic E-state index is -0.428. The summed E-state index contributed by atoms with van der Waals surface area (Å²) in [6.45, 7) is 1.90. The van der Waals surface area contributed by atoms with E-state index in [9.17, 15) is 14.0 Å². The predicted octanol–water partition coefficient (Wildman–Crippen LogP) is 3.81. The molecule has 0 aliphatic heterocycles. The van der Waals surface area contributed by atoms with Gasteiger partial charge in [0.1, 0.15) is 17.1 Å². The topological polar surface area (TPSA) is 59.8 Å². The molecular formula is C22H20FNO4. The lowest BCUT2D eigenvalue weighted by atomic mass is 10.1. The number of hydrogen-bond acceptors (Lipinski definition) is 4. The molecule has 28 heavy (non-hydrogen) atoms. The highest BCUT2D eigenvalue weighted by Gasteiger charge is 2.33. The van der Waals surface area contributed by atoms with Crippen LogP contribution in [0.4, 0.5) is 4.39 Å². The number of aryl methyl sites for hydroxylation is 1. The maximum absolute atomic E-state index is 14.0. The Kier molecular flexibility index (Phi) is 4.86. The molecule has 2 aromatic carbocycles. The molecule has 0 bridgehead atoms. The van der Waals surface area contributed by atoms with E-state index in [1.807, 2.05) is 6.92 Å². The number of carbonyl (C=O) groups excluding carboxylic acids is 1. The molecule has 1 amide bonds. The van der Waals surface area contributed by atoms with Gasteiger partial charge in [0.2, 0.25) is 0 Å². The second-order valence-corrected chi connectivity index (χ2v) is 7.04. The summed E-state index contributed by atoms with van der Waals surface area (Å²) in [7, 11) is 0. The zero-order valence-corrected chi connectivity index (χ0v) is 15.5. The average molecular weight is 381 g/mol. The van der Waals surface area contributed by atoms with E-state index in [1.165, 1.54) is 12.1 Å². The molecule has 6 heteroatoms. The molecular weight excluding hydrogens is 361 g/mol. The summed E-state index contributed by atoms with van der Waals surface area (Å²) in [5.74, 6) is -0.0745. The summed E-state index contributed by atoms with van der Waals surface area (Å²) in [5.41, 5.74) is 1.30. The molecule has 4 rings (SSSR count). The van der Waals surface area contributed by atoms with Gasteiger partial charge in [-0.1, -0.05) is 18.2 Å². The first kappa shape index (κ1) is 18.2. The Morgan fingerprint density at radius 2 is 2.00 bits per heavy atom. The van der Waals surface area contributed by atoms with Crippen LogP contribution in [0.15, 0.2) is 57.7 Å². The predicted molar refractivity (Wildman–Crippen MR) is 103 cm³/mol. The molecule has 0 atom stereocenters. The maximum Gasteiger partial charge on any atom is 0.336 e. The molecule has 1 aromatic heterocycles. The molecule has 1 aliphatic rings. The third-order valence-corrected chi connectivity index (χ3v) is 4.89. The number of nitrogens with zero attached hydrogens (tertiary/aromatic N) is 1. The second kappa shape index (κ2) is 7.46. The normalized spacial score (nSPS) is 13.5. The van der Waals surface area contributed by atoms with Crippen LogP contribution in [0.5, 0.6) is 5.75 Å². The van der Waals surface area contributed by atoms with Crippen LogP contribution in [0.25, 0.3) is 11.0 Å². The van der Waals surface area contributed by atoms with E-state index in [-0.39, 0.29) is 30.9 Å². The highest BCUT2D eigenvalue weighted by atomic mass is 19.1. The quantitative estimate of drug-likeness (QED) is 0.609. The highest BCUT2D eigenvalue weighted by molar-refractivity contribution is 5.82. The van der Waals surface area contributed by atoms with Crippen molar-refractivity contribution in [3.05, 3.63) is 75.9 Å². The van der Waals surface area contributed by atoms with Crippen LogP contribution < -0.4 is 10.4 Å². The van der Waals surface area contributed by atoms with Gasteiger partial charge >= 0.3 is 5.63 Å². The minimum absolute atomic E-state index is 0.132. The zero-order valence-electron chi connectivity index (χ0n) is 15.5. The first-order valence-corrected chi connectivity index (χ1v) is 9.21. The van der Waals surface area contributed by atoms with E-state index in [0.717, 1.165) is 23.8 Å². The fraction of sp³-hybridized carbons (Fsp3) is 0.273. The minimum Gasteiger partial charge on any atom is -0.484 e. The molecule has 0 unspecified atom stereocenters. The van der Waals surface area contributed by atoms with Gasteiger partial charge in [0.05, 0.1) is 0 Å². The van der Waals surface area contributed by atoms with Crippen molar-refractivity contribution in [2.24, 2.45) is 0 Å². The average Bonchev–Trinajstić information content (AvgIpc) is 3.50. The van der Waals surface area contributed by atoms with Crippen LogP contribution in [0.1, 0.15) is 24.0 Å². The molecule has 5 nitrogen and oxygen atoms in total. The SMILES string of the molecule is Cc1cc(=O)oc2cc(OCC(=O)N(Cc3ccccc3F)C3CC3)ccc12. The van der Waals surface area contributed by atoms with Crippen LogP contribution in [-0.4, -0.2) is 23.5 Å². The molecule has 0 N–H and O–H groups in total. The third-order valence-electron chi connectivity index (χ3n) is 4.89. The van der Waals surface area contributed by atoms with Gasteiger partial charge in [-0.2, -0.15) is 0 Å². The summed E-state index contributed by atoms with van der Waals surface area (Å²) < 4.78 is 24.8. The monoisotopic (exact) mass is 381 g/mol. The number of amides is 1. The second-order valence-electron chi connectivity index (χ2n) is 7.04. The van der Waals surface area contributed by atoms with Crippen molar-refractivity contribution < 1.29 is 18.3 Å². The van der Waals surface area contributed by atoms with E-state index >= 15 is 0 Å². The van der Waals surface area contributed by atoms with Gasteiger partial charge in [-0.25, -0.2) is 9.18 Å². The number of ether oxygens (including phenoxy) is 1. The number of hydrogen-bond donors (Lipinski definition) is 0. The lowest BCUT2D eigenvalue weighted by Crippen LogP contribution is -2.36. The highest BCUT2D eigenvalue weighted by Crippen LogP contribution is 2.29. The van der Waals surface area contributed by atoms with Gasteiger partial charge in [0.25, 0.3) is 5.91 Å². The third kappa shape index (κ3) is 3.91. The van der Waals surface area contributed by atoms with Crippen LogP contribution in [0.2, 0.25) is 0 Å². The summed E-state index contributed by atoms with van der Waals surface area (Å²) in [6.07, 6.45) is 1.83. The van der Waals surface area contributed by atoms with Crippen LogP contribution in [-0.2, 0) is 11.3 Å². The fourth-order valence-corrected chi connectivity index (χ4v) is 3.24. The fourth-order valence-electron chi connectivity index (χ4n) is 3.24. The number of fused-ring (bicyclic) bond motifs is 1. The van der Waals surface area contributed by atoms with Crippen molar-refractivity contribution in [3.8, 4) is 5.75 Å². The molecule has 1 saturated carbocycles. The number of benzene rings is 2. The Bertz CT molecular complexity index is 1090. The summed E-state index contributed by atoms with van der Waals surface area (Å²) in [6, 6.07) is 13.2. The van der Waals surface area contributed by atoms with Crippen molar-refractivity contribution in [1.82, 2.24) is 4.90 Å². The van der Waals surface area contributed by atoms with Gasteiger partial charge in [-0.05, 0) is 43.5 Å². The largest absolute Gasteiger partial charge is 0.484 e. The van der Waals surface area contributed by atoms with Gasteiger partial charge in [0.15, 0.2) is 6.61 Å². The van der Waals surface area contributed by atoms with Crippen molar-refractivity contribution in [2.75, 3.05) is 6.61 Å². The molecule has 1 fully saturated rings. The lowest BCUT2D eigenvalue weighted by Gasteiger charge is -2.23. The molecule has 0 saturated heterocycles. The van der Waals surface area contributed by atoms with Crippen molar-refractivity contribution in [2.45, 2.75) is 32.4 Å². The van der Waals surface area contributed by atoms with Gasteiger partial charge in [-0.3, -0.25) is 4.79 Å². The van der Waals surface area contributed by atoms with Gasteiger partial charge in [0, 0.05) is 35.7 Å². The van der Waals surface area contributed by atoms with Crippen molar-refractivity contribution in [3.63, 3.8) is 0 Å². The summed E-state index contributed by atoms with van der Waals surface area (Å²) in [5, 5.41) is 0.817. The molecule has 1 heterocycles. The maximum atomic E-state index is 14.0. The molecule has 144 valence electrons. The van der Waals surface area contributed by atoms with E-state index in [0.29, 0.717) is 16.9 Å². The van der Waals surface area contributed by atoms with Gasteiger partial charge in [-0.15, -0.1) is 0 Å². The summed E-state index contributed by atoms with van der Waals surface area (Å²) in [4.78, 5) is 25.9. The van der Waals surface area contributed by atoms with Gasteiger partial charge < -0.3 is 14.1 Å². The Balaban J connectivity index is 1.47. The van der Waals surface area contributed by atoms with E-state index < -0.39 is 5.63 Å². The van der Waals surface area contributed by atoms with Crippen molar-refractivity contribution >= 4 is 16.9 Å². The first-order chi connectivity index (χ1) is 13.5. The lowest BCUT2D eigenvalue weighted by molar-refractivity contribution is -0.134. The van der Waals surface area contributed by atoms with Crippen molar-refractivity contribution in [1.29, 1.82) is 0 Å².